The highest BCUT2D eigenvalue weighted by Gasteiger charge is 2.23. The Bertz CT molecular complexity index is 1060. The van der Waals surface area contributed by atoms with Crippen LogP contribution in [0.15, 0.2) is 48.8 Å². The van der Waals surface area contributed by atoms with E-state index in [0.29, 0.717) is 23.2 Å². The van der Waals surface area contributed by atoms with E-state index in [1.165, 1.54) is 5.56 Å². The number of benzene rings is 2. The van der Waals surface area contributed by atoms with Crippen molar-refractivity contribution in [1.29, 1.82) is 0 Å². The van der Waals surface area contributed by atoms with Gasteiger partial charge in [0.05, 0.1) is 5.56 Å². The van der Waals surface area contributed by atoms with E-state index in [2.05, 4.69) is 17.2 Å². The first kappa shape index (κ1) is 20.5. The Hall–Kier alpha value is -3.27. The first-order chi connectivity index (χ1) is 13.8. The van der Waals surface area contributed by atoms with Gasteiger partial charge in [-0.15, -0.1) is 0 Å². The summed E-state index contributed by atoms with van der Waals surface area (Å²) in [4.78, 5) is 30.4. The molecule has 0 spiro atoms. The molecule has 0 fully saturated rings. The second-order valence-electron chi connectivity index (χ2n) is 7.42. The molecule has 1 aromatic heterocycles. The van der Waals surface area contributed by atoms with Crippen LogP contribution >= 0.6 is 0 Å². The van der Waals surface area contributed by atoms with Crippen molar-refractivity contribution in [2.24, 2.45) is 0 Å². The van der Waals surface area contributed by atoms with Crippen LogP contribution in [0.3, 0.4) is 0 Å². The van der Waals surface area contributed by atoms with Crippen LogP contribution in [0.1, 0.15) is 59.7 Å². The van der Waals surface area contributed by atoms with E-state index in [-0.39, 0.29) is 11.7 Å². The summed E-state index contributed by atoms with van der Waals surface area (Å²) in [6.45, 7) is 10.5. The topological polar surface area (TPSA) is 59.1 Å². The summed E-state index contributed by atoms with van der Waals surface area (Å²) >= 11 is 0. The van der Waals surface area contributed by atoms with Crippen LogP contribution < -0.4 is 5.32 Å². The summed E-state index contributed by atoms with van der Waals surface area (Å²) in [7, 11) is 0. The lowest BCUT2D eigenvalue weighted by Gasteiger charge is -2.19. The van der Waals surface area contributed by atoms with Crippen molar-refractivity contribution in [3.05, 3.63) is 98.9 Å². The van der Waals surface area contributed by atoms with Gasteiger partial charge >= 0.3 is 0 Å². The first-order valence-electron chi connectivity index (χ1n) is 9.70. The SMILES string of the molecule is Cc1c(C)c(C)c(C(=O)c2ccccc2C(=O)NCc2cccnc2)c(C)c1C. The van der Waals surface area contributed by atoms with Crippen molar-refractivity contribution in [3.8, 4) is 0 Å². The molecule has 0 saturated carbocycles. The molecule has 4 nitrogen and oxygen atoms in total. The molecule has 0 radical (unpaired) electrons. The molecule has 0 bridgehead atoms. The third kappa shape index (κ3) is 3.97. The zero-order valence-electron chi connectivity index (χ0n) is 17.6. The first-order valence-corrected chi connectivity index (χ1v) is 9.70. The maximum atomic E-state index is 13.5. The van der Waals surface area contributed by atoms with Crippen molar-refractivity contribution in [2.45, 2.75) is 41.2 Å². The Balaban J connectivity index is 1.97. The number of ketones is 1. The maximum absolute atomic E-state index is 13.5. The number of amides is 1. The minimum Gasteiger partial charge on any atom is -0.348 e. The number of pyridine rings is 1. The molecular formula is C25H26N2O2. The van der Waals surface area contributed by atoms with Gasteiger partial charge < -0.3 is 5.32 Å². The molecule has 29 heavy (non-hydrogen) atoms. The molecule has 1 amide bonds. The number of carbonyl (C=O) groups excluding carboxylic acids is 2. The van der Waals surface area contributed by atoms with E-state index < -0.39 is 0 Å². The second kappa shape index (κ2) is 8.39. The van der Waals surface area contributed by atoms with Gasteiger partial charge in [0, 0.05) is 30.1 Å². The van der Waals surface area contributed by atoms with E-state index in [9.17, 15) is 9.59 Å². The third-order valence-corrected chi connectivity index (χ3v) is 5.82. The Morgan fingerprint density at radius 3 is 1.97 bits per heavy atom. The van der Waals surface area contributed by atoms with Crippen LogP contribution in [0.2, 0.25) is 0 Å². The number of carbonyl (C=O) groups is 2. The second-order valence-corrected chi connectivity index (χ2v) is 7.42. The van der Waals surface area contributed by atoms with E-state index in [1.807, 2.05) is 39.8 Å². The molecule has 0 atom stereocenters. The largest absolute Gasteiger partial charge is 0.348 e. The number of rotatable bonds is 5. The lowest BCUT2D eigenvalue weighted by molar-refractivity contribution is 0.0939. The molecule has 2 aromatic carbocycles. The van der Waals surface area contributed by atoms with Crippen LogP contribution in [0.25, 0.3) is 0 Å². The van der Waals surface area contributed by atoms with Gasteiger partial charge in [-0.05, 0) is 80.1 Å². The Kier molecular flexibility index (Phi) is 5.92. The van der Waals surface area contributed by atoms with Gasteiger partial charge in [0.1, 0.15) is 0 Å². The molecular weight excluding hydrogens is 360 g/mol. The average molecular weight is 386 g/mol. The van der Waals surface area contributed by atoms with Crippen LogP contribution in [0, 0.1) is 34.6 Å². The summed E-state index contributed by atoms with van der Waals surface area (Å²) in [6.07, 6.45) is 3.40. The highest BCUT2D eigenvalue weighted by molar-refractivity contribution is 6.16. The van der Waals surface area contributed by atoms with Gasteiger partial charge in [-0.25, -0.2) is 0 Å². The lowest BCUT2D eigenvalue weighted by atomic mass is 9.85. The van der Waals surface area contributed by atoms with Gasteiger partial charge in [-0.3, -0.25) is 14.6 Å². The highest BCUT2D eigenvalue weighted by atomic mass is 16.2. The number of nitrogens with zero attached hydrogens (tertiary/aromatic N) is 1. The zero-order chi connectivity index (χ0) is 21.1. The number of hydrogen-bond acceptors (Lipinski definition) is 3. The molecule has 3 rings (SSSR count). The minimum absolute atomic E-state index is 0.113. The molecule has 0 aliphatic rings. The highest BCUT2D eigenvalue weighted by Crippen LogP contribution is 2.28. The summed E-state index contributed by atoms with van der Waals surface area (Å²) < 4.78 is 0. The van der Waals surface area contributed by atoms with Gasteiger partial charge in [-0.1, -0.05) is 24.3 Å². The van der Waals surface area contributed by atoms with Crippen LogP contribution in [0.4, 0.5) is 0 Å². The summed E-state index contributed by atoms with van der Waals surface area (Å²) in [6, 6.07) is 10.7. The maximum Gasteiger partial charge on any atom is 0.252 e. The van der Waals surface area contributed by atoms with E-state index >= 15 is 0 Å². The number of aromatic nitrogens is 1. The molecule has 0 aliphatic carbocycles. The molecule has 148 valence electrons. The lowest BCUT2D eigenvalue weighted by Crippen LogP contribution is -2.25. The number of hydrogen-bond donors (Lipinski definition) is 1. The fourth-order valence-electron chi connectivity index (χ4n) is 3.63. The summed E-state index contributed by atoms with van der Waals surface area (Å²) in [5, 5.41) is 2.89. The van der Waals surface area contributed by atoms with Crippen molar-refractivity contribution in [2.75, 3.05) is 0 Å². The monoisotopic (exact) mass is 386 g/mol. The van der Waals surface area contributed by atoms with Crippen LogP contribution in [-0.4, -0.2) is 16.7 Å². The average Bonchev–Trinajstić information content (AvgIpc) is 2.75. The van der Waals surface area contributed by atoms with E-state index in [4.69, 9.17) is 0 Å². The smallest absolute Gasteiger partial charge is 0.252 e. The van der Waals surface area contributed by atoms with Gasteiger partial charge in [0.15, 0.2) is 5.78 Å². The molecule has 1 N–H and O–H groups in total. The minimum atomic E-state index is -0.270. The fourth-order valence-corrected chi connectivity index (χ4v) is 3.63. The molecule has 0 unspecified atom stereocenters. The van der Waals surface area contributed by atoms with E-state index in [1.54, 1.807) is 36.7 Å². The standard InChI is InChI=1S/C25H26N2O2/c1-15-16(2)18(4)23(19(5)17(15)3)24(28)21-10-6-7-11-22(21)25(29)27-14-20-9-8-12-26-13-20/h6-13H,14H2,1-5H3,(H,27,29). The Labute approximate surface area is 172 Å². The fraction of sp³-hybridized carbons (Fsp3) is 0.240. The quantitative estimate of drug-likeness (QED) is 0.642. The predicted octanol–water partition coefficient (Wildman–Crippen LogP) is 4.78. The van der Waals surface area contributed by atoms with Gasteiger partial charge in [0.25, 0.3) is 5.91 Å². The Morgan fingerprint density at radius 2 is 1.38 bits per heavy atom. The van der Waals surface area contributed by atoms with Crippen LogP contribution in [-0.2, 0) is 6.54 Å². The Morgan fingerprint density at radius 1 is 0.793 bits per heavy atom. The zero-order valence-corrected chi connectivity index (χ0v) is 17.6. The van der Waals surface area contributed by atoms with Gasteiger partial charge in [0.2, 0.25) is 0 Å². The predicted molar refractivity (Wildman–Crippen MR) is 115 cm³/mol. The molecule has 0 aliphatic heterocycles. The van der Waals surface area contributed by atoms with Crippen molar-refractivity contribution < 1.29 is 9.59 Å². The van der Waals surface area contributed by atoms with Gasteiger partial charge in [-0.2, -0.15) is 0 Å². The molecule has 1 heterocycles. The normalized spacial score (nSPS) is 10.7. The van der Waals surface area contributed by atoms with Crippen molar-refractivity contribution in [3.63, 3.8) is 0 Å². The summed E-state index contributed by atoms with van der Waals surface area (Å²) in [5.41, 5.74) is 7.80. The molecule has 4 heteroatoms. The molecule has 3 aromatic rings. The summed E-state index contributed by atoms with van der Waals surface area (Å²) in [5.74, 6) is -0.382. The van der Waals surface area contributed by atoms with E-state index in [0.717, 1.165) is 27.8 Å². The van der Waals surface area contributed by atoms with Crippen LogP contribution in [0.5, 0.6) is 0 Å². The third-order valence-electron chi connectivity index (χ3n) is 5.82. The molecule has 0 saturated heterocycles. The number of nitrogens with one attached hydrogen (secondary N) is 1. The van der Waals surface area contributed by atoms with Crippen molar-refractivity contribution >= 4 is 11.7 Å². The van der Waals surface area contributed by atoms with Crippen molar-refractivity contribution in [1.82, 2.24) is 10.3 Å².